The maximum Gasteiger partial charge on any atom is 0.231 e. The molecule has 0 saturated carbocycles. The number of piperidine rings is 1. The molecular formula is C14H22ClN5O. The highest BCUT2D eigenvalue weighted by molar-refractivity contribution is 6.28. The van der Waals surface area contributed by atoms with Crippen LogP contribution in [0.15, 0.2) is 12.2 Å². The average Bonchev–Trinajstić information content (AvgIpc) is 2.47. The van der Waals surface area contributed by atoms with E-state index in [4.69, 9.17) is 16.3 Å². The van der Waals surface area contributed by atoms with E-state index in [1.54, 1.807) is 0 Å². The van der Waals surface area contributed by atoms with E-state index in [2.05, 4.69) is 31.7 Å². The third kappa shape index (κ3) is 5.47. The van der Waals surface area contributed by atoms with Crippen LogP contribution in [-0.2, 0) is 4.74 Å². The standard InChI is InChI=1S/C14H22ClN5O/c1-11(2)10-21-9-6-16-13-17-12(15)18-14(19-13)20-7-4-3-5-8-20/h1,3-10H2,2H3,(H,16,17,18,19). The molecule has 0 aromatic carbocycles. The molecule has 6 nitrogen and oxygen atoms in total. The zero-order chi connectivity index (χ0) is 15.1. The Kier molecular flexibility index (Phi) is 6.20. The zero-order valence-electron chi connectivity index (χ0n) is 12.4. The van der Waals surface area contributed by atoms with Crippen molar-refractivity contribution in [2.24, 2.45) is 0 Å². The fourth-order valence-corrected chi connectivity index (χ4v) is 2.29. The van der Waals surface area contributed by atoms with Crippen LogP contribution in [-0.4, -0.2) is 47.8 Å². The lowest BCUT2D eigenvalue weighted by Crippen LogP contribution is -2.31. The van der Waals surface area contributed by atoms with Crippen molar-refractivity contribution in [2.75, 3.05) is 43.1 Å². The SMILES string of the molecule is C=C(C)COCCNc1nc(Cl)nc(N2CCCCC2)n1. The summed E-state index contributed by atoms with van der Waals surface area (Å²) in [6, 6.07) is 0. The second-order valence-corrected chi connectivity index (χ2v) is 5.55. The number of rotatable bonds is 7. The van der Waals surface area contributed by atoms with E-state index >= 15 is 0 Å². The van der Waals surface area contributed by atoms with E-state index in [1.165, 1.54) is 19.3 Å². The van der Waals surface area contributed by atoms with Gasteiger partial charge in [-0.05, 0) is 37.8 Å². The summed E-state index contributed by atoms with van der Waals surface area (Å²) in [5, 5.41) is 3.33. The summed E-state index contributed by atoms with van der Waals surface area (Å²) in [5.41, 5.74) is 1.01. The number of nitrogens with zero attached hydrogens (tertiary/aromatic N) is 4. The van der Waals surface area contributed by atoms with Crippen LogP contribution in [0.1, 0.15) is 26.2 Å². The molecule has 2 rings (SSSR count). The molecule has 1 aliphatic heterocycles. The Bertz CT molecular complexity index is 476. The Hall–Kier alpha value is -1.40. The normalized spacial score (nSPS) is 15.0. The molecule has 21 heavy (non-hydrogen) atoms. The minimum atomic E-state index is 0.218. The van der Waals surface area contributed by atoms with Gasteiger partial charge in [-0.15, -0.1) is 0 Å². The molecule has 0 bridgehead atoms. The van der Waals surface area contributed by atoms with Crippen molar-refractivity contribution in [3.63, 3.8) is 0 Å². The van der Waals surface area contributed by atoms with E-state index in [0.29, 0.717) is 31.7 Å². The van der Waals surface area contributed by atoms with Gasteiger partial charge >= 0.3 is 0 Å². The molecule has 1 aromatic rings. The van der Waals surface area contributed by atoms with Crippen LogP contribution < -0.4 is 10.2 Å². The van der Waals surface area contributed by atoms with Crippen molar-refractivity contribution in [2.45, 2.75) is 26.2 Å². The molecule has 0 radical (unpaired) electrons. The van der Waals surface area contributed by atoms with E-state index in [-0.39, 0.29) is 5.28 Å². The van der Waals surface area contributed by atoms with Crippen molar-refractivity contribution in [1.29, 1.82) is 0 Å². The average molecular weight is 312 g/mol. The van der Waals surface area contributed by atoms with Gasteiger partial charge in [0.1, 0.15) is 0 Å². The van der Waals surface area contributed by atoms with Crippen molar-refractivity contribution in [3.8, 4) is 0 Å². The minimum Gasteiger partial charge on any atom is -0.375 e. The maximum absolute atomic E-state index is 5.98. The van der Waals surface area contributed by atoms with Gasteiger partial charge in [0.05, 0.1) is 13.2 Å². The molecule has 1 fully saturated rings. The number of anilines is 2. The summed E-state index contributed by atoms with van der Waals surface area (Å²) < 4.78 is 5.42. The van der Waals surface area contributed by atoms with Crippen LogP contribution >= 0.6 is 11.6 Å². The highest BCUT2D eigenvalue weighted by Gasteiger charge is 2.15. The second-order valence-electron chi connectivity index (χ2n) is 5.21. The van der Waals surface area contributed by atoms with Crippen molar-refractivity contribution in [3.05, 3.63) is 17.4 Å². The van der Waals surface area contributed by atoms with Crippen LogP contribution in [0.3, 0.4) is 0 Å². The quantitative estimate of drug-likeness (QED) is 0.616. The first-order valence-corrected chi connectivity index (χ1v) is 7.65. The summed E-state index contributed by atoms with van der Waals surface area (Å²) in [5.74, 6) is 1.15. The number of halogens is 1. The molecule has 1 aromatic heterocycles. The van der Waals surface area contributed by atoms with E-state index in [9.17, 15) is 0 Å². The molecule has 2 heterocycles. The summed E-state index contributed by atoms with van der Waals surface area (Å²) in [6.45, 7) is 9.42. The maximum atomic E-state index is 5.98. The third-order valence-electron chi connectivity index (χ3n) is 3.11. The Morgan fingerprint density at radius 2 is 2.05 bits per heavy atom. The third-order valence-corrected chi connectivity index (χ3v) is 3.28. The van der Waals surface area contributed by atoms with Crippen molar-refractivity contribution >= 4 is 23.5 Å². The predicted molar refractivity (Wildman–Crippen MR) is 85.0 cm³/mol. The number of aromatic nitrogens is 3. The van der Waals surface area contributed by atoms with Gasteiger partial charge in [0, 0.05) is 19.6 Å². The Morgan fingerprint density at radius 1 is 1.29 bits per heavy atom. The summed E-state index contributed by atoms with van der Waals surface area (Å²) in [6.07, 6.45) is 3.60. The van der Waals surface area contributed by atoms with Gasteiger partial charge in [-0.1, -0.05) is 12.2 Å². The van der Waals surface area contributed by atoms with E-state index in [0.717, 1.165) is 18.7 Å². The summed E-state index contributed by atoms with van der Waals surface area (Å²) >= 11 is 5.98. The lowest BCUT2D eigenvalue weighted by Gasteiger charge is -2.26. The van der Waals surface area contributed by atoms with Gasteiger partial charge < -0.3 is 15.0 Å². The van der Waals surface area contributed by atoms with Gasteiger partial charge in [0.15, 0.2) is 0 Å². The van der Waals surface area contributed by atoms with Crippen molar-refractivity contribution < 1.29 is 4.74 Å². The lowest BCUT2D eigenvalue weighted by atomic mass is 10.1. The van der Waals surface area contributed by atoms with Crippen LogP contribution in [0.25, 0.3) is 0 Å². The van der Waals surface area contributed by atoms with Crippen LogP contribution in [0.2, 0.25) is 5.28 Å². The lowest BCUT2D eigenvalue weighted by molar-refractivity contribution is 0.167. The molecule has 1 aliphatic rings. The molecule has 0 unspecified atom stereocenters. The fourth-order valence-electron chi connectivity index (χ4n) is 2.14. The van der Waals surface area contributed by atoms with E-state index < -0.39 is 0 Å². The fraction of sp³-hybridized carbons (Fsp3) is 0.643. The first-order valence-electron chi connectivity index (χ1n) is 7.27. The summed E-state index contributed by atoms with van der Waals surface area (Å²) in [4.78, 5) is 14.9. The highest BCUT2D eigenvalue weighted by Crippen LogP contribution is 2.18. The monoisotopic (exact) mass is 311 g/mol. The minimum absolute atomic E-state index is 0.218. The number of hydrogen-bond acceptors (Lipinski definition) is 6. The van der Waals surface area contributed by atoms with Gasteiger partial charge in [-0.2, -0.15) is 15.0 Å². The van der Waals surface area contributed by atoms with Gasteiger partial charge in [-0.3, -0.25) is 0 Å². The first-order chi connectivity index (χ1) is 10.1. The highest BCUT2D eigenvalue weighted by atomic mass is 35.5. The Morgan fingerprint density at radius 3 is 2.76 bits per heavy atom. The molecule has 0 spiro atoms. The first kappa shape index (κ1) is 16.0. The van der Waals surface area contributed by atoms with E-state index in [1.807, 2.05) is 6.92 Å². The number of hydrogen-bond donors (Lipinski definition) is 1. The number of nitrogens with one attached hydrogen (secondary N) is 1. The topological polar surface area (TPSA) is 63.2 Å². The second kappa shape index (κ2) is 8.14. The molecule has 7 heteroatoms. The van der Waals surface area contributed by atoms with Crippen LogP contribution in [0.5, 0.6) is 0 Å². The molecule has 1 N–H and O–H groups in total. The molecule has 0 atom stereocenters. The van der Waals surface area contributed by atoms with Crippen LogP contribution in [0.4, 0.5) is 11.9 Å². The summed E-state index contributed by atoms with van der Waals surface area (Å²) in [7, 11) is 0. The Balaban J connectivity index is 1.87. The Labute approximate surface area is 130 Å². The smallest absolute Gasteiger partial charge is 0.231 e. The van der Waals surface area contributed by atoms with Crippen molar-refractivity contribution in [1.82, 2.24) is 15.0 Å². The predicted octanol–water partition coefficient (Wildman–Crippen LogP) is 2.52. The zero-order valence-corrected chi connectivity index (χ0v) is 13.2. The van der Waals surface area contributed by atoms with Crippen LogP contribution in [0, 0.1) is 0 Å². The molecule has 0 aliphatic carbocycles. The van der Waals surface area contributed by atoms with Gasteiger partial charge in [-0.25, -0.2) is 0 Å². The molecular weight excluding hydrogens is 290 g/mol. The molecule has 1 saturated heterocycles. The molecule has 0 amide bonds. The molecule has 116 valence electrons. The largest absolute Gasteiger partial charge is 0.375 e. The number of ether oxygens (including phenoxy) is 1. The van der Waals surface area contributed by atoms with Gasteiger partial charge in [0.2, 0.25) is 17.2 Å². The van der Waals surface area contributed by atoms with Gasteiger partial charge in [0.25, 0.3) is 0 Å².